The second kappa shape index (κ2) is 6.44. The van der Waals surface area contributed by atoms with Gasteiger partial charge in [-0.15, -0.1) is 0 Å². The zero-order valence-corrected chi connectivity index (χ0v) is 11.6. The van der Waals surface area contributed by atoms with Crippen LogP contribution in [0.5, 0.6) is 0 Å². The molecule has 1 N–H and O–H groups in total. The van der Waals surface area contributed by atoms with E-state index in [0.29, 0.717) is 11.6 Å². The predicted molar refractivity (Wildman–Crippen MR) is 73.0 cm³/mol. The van der Waals surface area contributed by atoms with Gasteiger partial charge in [-0.2, -0.15) is 0 Å². The van der Waals surface area contributed by atoms with E-state index in [4.69, 9.17) is 0 Å². The van der Waals surface area contributed by atoms with Crippen molar-refractivity contribution in [2.75, 3.05) is 19.6 Å². The molecule has 19 heavy (non-hydrogen) atoms. The van der Waals surface area contributed by atoms with Crippen molar-refractivity contribution in [3.05, 3.63) is 35.4 Å². The van der Waals surface area contributed by atoms with E-state index in [1.807, 2.05) is 0 Å². The Morgan fingerprint density at radius 3 is 2.79 bits per heavy atom. The van der Waals surface area contributed by atoms with Crippen LogP contribution in [0.4, 0.5) is 8.78 Å². The maximum absolute atomic E-state index is 14.0. The second-order valence-electron chi connectivity index (χ2n) is 5.09. The molecule has 1 aliphatic rings. The number of nitrogens with one attached hydrogen (secondary N) is 1. The van der Waals surface area contributed by atoms with Crippen LogP contribution in [-0.2, 0) is 0 Å². The van der Waals surface area contributed by atoms with Crippen LogP contribution in [0.1, 0.15) is 38.3 Å². The average Bonchev–Trinajstić information content (AvgIpc) is 2.42. The highest BCUT2D eigenvalue weighted by atomic mass is 19.1. The largest absolute Gasteiger partial charge is 0.314 e. The Morgan fingerprint density at radius 2 is 2.11 bits per heavy atom. The molecular weight excluding hydrogens is 246 g/mol. The smallest absolute Gasteiger partial charge is 0.128 e. The third-order valence-electron chi connectivity index (χ3n) is 3.93. The fourth-order valence-corrected chi connectivity index (χ4v) is 2.96. The maximum Gasteiger partial charge on any atom is 0.128 e. The van der Waals surface area contributed by atoms with Crippen molar-refractivity contribution in [1.82, 2.24) is 10.2 Å². The molecule has 4 heteroatoms. The quantitative estimate of drug-likeness (QED) is 0.902. The highest BCUT2D eigenvalue weighted by Crippen LogP contribution is 2.32. The Kier molecular flexibility index (Phi) is 4.88. The molecule has 1 aromatic rings. The minimum Gasteiger partial charge on any atom is -0.314 e. The Hall–Kier alpha value is -1.00. The number of nitrogens with zero attached hydrogens (tertiary/aromatic N) is 1. The van der Waals surface area contributed by atoms with Gasteiger partial charge in [0, 0.05) is 24.2 Å². The molecule has 2 atom stereocenters. The lowest BCUT2D eigenvalue weighted by molar-refractivity contribution is 0.129. The van der Waals surface area contributed by atoms with Crippen LogP contribution in [0, 0.1) is 11.6 Å². The van der Waals surface area contributed by atoms with E-state index < -0.39 is 0 Å². The fourth-order valence-electron chi connectivity index (χ4n) is 2.96. The SMILES string of the molecule is CCN[C@@H]1CCN(CC)[C@H](c2cc(F)ccc2F)C1. The van der Waals surface area contributed by atoms with E-state index in [1.54, 1.807) is 0 Å². The van der Waals surface area contributed by atoms with Crippen LogP contribution in [0.15, 0.2) is 18.2 Å². The second-order valence-corrected chi connectivity index (χ2v) is 5.09. The molecule has 1 fully saturated rings. The Bertz CT molecular complexity index is 423. The predicted octanol–water partition coefficient (Wildman–Crippen LogP) is 3.10. The van der Waals surface area contributed by atoms with Crippen molar-refractivity contribution >= 4 is 0 Å². The molecule has 2 rings (SSSR count). The summed E-state index contributed by atoms with van der Waals surface area (Å²) in [6, 6.07) is 4.12. The molecule has 0 saturated carbocycles. The number of halogens is 2. The molecule has 1 saturated heterocycles. The Labute approximate surface area is 113 Å². The highest BCUT2D eigenvalue weighted by Gasteiger charge is 2.30. The van der Waals surface area contributed by atoms with Gasteiger partial charge in [-0.1, -0.05) is 13.8 Å². The molecule has 0 aromatic heterocycles. The lowest BCUT2D eigenvalue weighted by Crippen LogP contribution is -2.44. The third-order valence-corrected chi connectivity index (χ3v) is 3.93. The normalized spacial score (nSPS) is 24.6. The van der Waals surface area contributed by atoms with Crippen LogP contribution in [0.25, 0.3) is 0 Å². The molecule has 1 aliphatic heterocycles. The van der Waals surface area contributed by atoms with Crippen LogP contribution in [-0.4, -0.2) is 30.6 Å². The summed E-state index contributed by atoms with van der Waals surface area (Å²) in [5.41, 5.74) is 0.490. The van der Waals surface area contributed by atoms with Gasteiger partial charge in [-0.3, -0.25) is 4.90 Å². The van der Waals surface area contributed by atoms with Gasteiger partial charge >= 0.3 is 0 Å². The number of piperidine rings is 1. The van der Waals surface area contributed by atoms with Gasteiger partial charge < -0.3 is 5.32 Å². The van der Waals surface area contributed by atoms with Crippen molar-refractivity contribution < 1.29 is 8.78 Å². The van der Waals surface area contributed by atoms with Gasteiger partial charge in [0.05, 0.1) is 0 Å². The summed E-state index contributed by atoms with van der Waals surface area (Å²) in [5.74, 6) is -0.667. The zero-order valence-electron chi connectivity index (χ0n) is 11.6. The molecular formula is C15H22F2N2. The number of hydrogen-bond donors (Lipinski definition) is 1. The first-order valence-electron chi connectivity index (χ1n) is 7.08. The average molecular weight is 268 g/mol. The van der Waals surface area contributed by atoms with Gasteiger partial charge in [0.1, 0.15) is 11.6 Å². The molecule has 0 radical (unpaired) electrons. The lowest BCUT2D eigenvalue weighted by atomic mass is 9.91. The summed E-state index contributed by atoms with van der Waals surface area (Å²) in [5, 5.41) is 3.42. The molecule has 0 spiro atoms. The van der Waals surface area contributed by atoms with Crippen molar-refractivity contribution in [2.45, 2.75) is 38.8 Å². The van der Waals surface area contributed by atoms with Gasteiger partial charge in [-0.05, 0) is 44.1 Å². The molecule has 0 bridgehead atoms. The summed E-state index contributed by atoms with van der Waals surface area (Å²) < 4.78 is 27.3. The summed E-state index contributed by atoms with van der Waals surface area (Å²) >= 11 is 0. The minimum absolute atomic E-state index is 0.0292. The van der Waals surface area contributed by atoms with Crippen LogP contribution < -0.4 is 5.32 Å². The Morgan fingerprint density at radius 1 is 1.32 bits per heavy atom. The first-order valence-corrected chi connectivity index (χ1v) is 7.08. The number of rotatable bonds is 4. The fraction of sp³-hybridized carbons (Fsp3) is 0.600. The minimum atomic E-state index is -0.363. The zero-order chi connectivity index (χ0) is 13.8. The summed E-state index contributed by atoms with van der Waals surface area (Å²) in [6.07, 6.45) is 1.90. The van der Waals surface area contributed by atoms with E-state index in [1.165, 1.54) is 18.2 Å². The third kappa shape index (κ3) is 3.31. The molecule has 2 nitrogen and oxygen atoms in total. The maximum atomic E-state index is 14.0. The van der Waals surface area contributed by atoms with Crippen molar-refractivity contribution in [3.63, 3.8) is 0 Å². The highest BCUT2D eigenvalue weighted by molar-refractivity contribution is 5.23. The Balaban J connectivity index is 2.24. The van der Waals surface area contributed by atoms with Gasteiger partial charge in [0.25, 0.3) is 0 Å². The summed E-state index contributed by atoms with van der Waals surface area (Å²) in [6.45, 7) is 6.84. The molecule has 0 amide bonds. The number of hydrogen-bond acceptors (Lipinski definition) is 2. The molecule has 106 valence electrons. The summed E-state index contributed by atoms with van der Waals surface area (Å²) in [4.78, 5) is 2.23. The first kappa shape index (κ1) is 14.4. The molecule has 1 heterocycles. The molecule has 0 unspecified atom stereocenters. The topological polar surface area (TPSA) is 15.3 Å². The van der Waals surface area contributed by atoms with E-state index in [2.05, 4.69) is 24.1 Å². The van der Waals surface area contributed by atoms with E-state index >= 15 is 0 Å². The van der Waals surface area contributed by atoms with Crippen LogP contribution in [0.2, 0.25) is 0 Å². The van der Waals surface area contributed by atoms with E-state index in [0.717, 1.165) is 32.5 Å². The molecule has 0 aliphatic carbocycles. The first-order chi connectivity index (χ1) is 9.15. The van der Waals surface area contributed by atoms with E-state index in [9.17, 15) is 8.78 Å². The van der Waals surface area contributed by atoms with Crippen LogP contribution >= 0.6 is 0 Å². The van der Waals surface area contributed by atoms with Crippen molar-refractivity contribution in [3.8, 4) is 0 Å². The monoisotopic (exact) mass is 268 g/mol. The molecule has 1 aromatic carbocycles. The van der Waals surface area contributed by atoms with Gasteiger partial charge in [0.15, 0.2) is 0 Å². The summed E-state index contributed by atoms with van der Waals surface area (Å²) in [7, 11) is 0. The standard InChI is InChI=1S/C15H22F2N2/c1-3-18-12-7-8-19(4-2)15(10-12)13-9-11(16)5-6-14(13)17/h5-6,9,12,15,18H,3-4,7-8,10H2,1-2H3/t12-,15+/m1/s1. The number of likely N-dealkylation sites (tertiary alicyclic amines) is 1. The van der Waals surface area contributed by atoms with Crippen LogP contribution in [0.3, 0.4) is 0 Å². The van der Waals surface area contributed by atoms with Crippen molar-refractivity contribution in [1.29, 1.82) is 0 Å². The number of benzene rings is 1. The van der Waals surface area contributed by atoms with E-state index in [-0.39, 0.29) is 17.7 Å². The van der Waals surface area contributed by atoms with Gasteiger partial charge in [-0.25, -0.2) is 8.78 Å². The van der Waals surface area contributed by atoms with Crippen molar-refractivity contribution in [2.24, 2.45) is 0 Å². The lowest BCUT2D eigenvalue weighted by Gasteiger charge is -2.39. The van der Waals surface area contributed by atoms with Gasteiger partial charge in [0.2, 0.25) is 0 Å².